The molecule has 0 saturated carbocycles. The second kappa shape index (κ2) is 14.5. The van der Waals surface area contributed by atoms with Gasteiger partial charge in [0.05, 0.1) is 30.8 Å². The maximum atomic E-state index is 13.1. The largest absolute Gasteiger partial charge is 0.494 e. The lowest BCUT2D eigenvalue weighted by atomic mass is 10.1. The van der Waals surface area contributed by atoms with Gasteiger partial charge in [0.15, 0.2) is 5.75 Å². The van der Waals surface area contributed by atoms with Crippen LogP contribution < -0.4 is 24.4 Å². The zero-order valence-corrected chi connectivity index (χ0v) is 24.6. The Bertz CT molecular complexity index is 1530. The van der Waals surface area contributed by atoms with E-state index in [2.05, 4.69) is 17.4 Å². The molecule has 0 aliphatic carbocycles. The SMILES string of the molecule is CS(=O)(=O)NC(=O)CCCN1CC(C(=O)O)Oc2c(NC(=O)c3ccc(OCCCCc4ccccc4)cc3)cccc21. The van der Waals surface area contributed by atoms with Crippen molar-refractivity contribution in [2.24, 2.45) is 0 Å². The number of carboxylic acid groups (broad SMARTS) is 1. The normalized spacial score (nSPS) is 14.3. The lowest BCUT2D eigenvalue weighted by Crippen LogP contribution is -2.45. The summed E-state index contributed by atoms with van der Waals surface area (Å²) < 4.78 is 36.0. The van der Waals surface area contributed by atoms with Crippen molar-refractivity contribution in [2.75, 3.05) is 36.2 Å². The number of ether oxygens (including phenoxy) is 2. The van der Waals surface area contributed by atoms with Crippen LogP contribution in [0.2, 0.25) is 0 Å². The number of aryl methyl sites for hydroxylation is 1. The number of nitrogens with zero attached hydrogens (tertiary/aromatic N) is 1. The number of nitrogens with one attached hydrogen (secondary N) is 2. The predicted molar refractivity (Wildman–Crippen MR) is 162 cm³/mol. The van der Waals surface area contributed by atoms with Crippen LogP contribution in [0.4, 0.5) is 11.4 Å². The van der Waals surface area contributed by atoms with Crippen LogP contribution in [0, 0.1) is 0 Å². The highest BCUT2D eigenvalue weighted by atomic mass is 32.2. The maximum Gasteiger partial charge on any atom is 0.346 e. The number of carboxylic acids is 1. The summed E-state index contributed by atoms with van der Waals surface area (Å²) in [5.74, 6) is -1.38. The fourth-order valence-electron chi connectivity index (χ4n) is 4.67. The number of aliphatic carboxylic acids is 1. The Morgan fingerprint density at radius 3 is 2.42 bits per heavy atom. The van der Waals surface area contributed by atoms with E-state index in [0.29, 0.717) is 29.3 Å². The molecule has 228 valence electrons. The number of carbonyl (C=O) groups excluding carboxylic acids is 2. The minimum atomic E-state index is -3.66. The van der Waals surface area contributed by atoms with Crippen LogP contribution in [0.1, 0.15) is 41.6 Å². The monoisotopic (exact) mass is 609 g/mol. The molecule has 1 heterocycles. The molecular formula is C31H35N3O8S. The first-order chi connectivity index (χ1) is 20.6. The van der Waals surface area contributed by atoms with Crippen LogP contribution in [0.5, 0.6) is 11.5 Å². The summed E-state index contributed by atoms with van der Waals surface area (Å²) in [6, 6.07) is 22.1. The zero-order chi connectivity index (χ0) is 30.8. The number of anilines is 2. The summed E-state index contributed by atoms with van der Waals surface area (Å²) in [4.78, 5) is 38.5. The molecule has 1 aliphatic heterocycles. The first-order valence-corrected chi connectivity index (χ1v) is 15.8. The molecule has 11 nitrogen and oxygen atoms in total. The summed E-state index contributed by atoms with van der Waals surface area (Å²) in [7, 11) is -3.66. The van der Waals surface area contributed by atoms with E-state index < -0.39 is 33.9 Å². The summed E-state index contributed by atoms with van der Waals surface area (Å²) in [5, 5.41) is 12.5. The van der Waals surface area contributed by atoms with Crippen LogP contribution in [-0.4, -0.2) is 63.4 Å². The Labute approximate surface area is 250 Å². The summed E-state index contributed by atoms with van der Waals surface area (Å²) >= 11 is 0. The molecule has 0 fully saturated rings. The Morgan fingerprint density at radius 2 is 1.72 bits per heavy atom. The first-order valence-electron chi connectivity index (χ1n) is 14.0. The van der Waals surface area contributed by atoms with Crippen LogP contribution in [0.15, 0.2) is 72.8 Å². The number of unbranched alkanes of at least 4 members (excludes halogenated alkanes) is 1. The van der Waals surface area contributed by atoms with Gasteiger partial charge in [0, 0.05) is 18.5 Å². The summed E-state index contributed by atoms with van der Waals surface area (Å²) in [6.45, 7) is 0.846. The van der Waals surface area contributed by atoms with Crippen LogP contribution in [-0.2, 0) is 26.0 Å². The second-order valence-corrected chi connectivity index (χ2v) is 12.0. The molecule has 43 heavy (non-hydrogen) atoms. The Balaban J connectivity index is 1.35. The third-order valence-electron chi connectivity index (χ3n) is 6.72. The van der Waals surface area contributed by atoms with Crippen molar-refractivity contribution < 1.29 is 37.4 Å². The van der Waals surface area contributed by atoms with Crippen LogP contribution >= 0.6 is 0 Å². The fourth-order valence-corrected chi connectivity index (χ4v) is 5.18. The molecule has 3 N–H and O–H groups in total. The van der Waals surface area contributed by atoms with Gasteiger partial charge in [-0.2, -0.15) is 0 Å². The van der Waals surface area contributed by atoms with Crippen molar-refractivity contribution in [2.45, 2.75) is 38.2 Å². The van der Waals surface area contributed by atoms with Gasteiger partial charge in [0.1, 0.15) is 5.75 Å². The number of amides is 2. The number of para-hydroxylation sites is 1. The van der Waals surface area contributed by atoms with Crippen molar-refractivity contribution in [3.63, 3.8) is 0 Å². The fraction of sp³-hybridized carbons (Fsp3) is 0.323. The van der Waals surface area contributed by atoms with E-state index in [0.717, 1.165) is 25.5 Å². The molecule has 0 spiro atoms. The second-order valence-electron chi connectivity index (χ2n) is 10.2. The molecule has 1 atom stereocenters. The molecule has 1 aliphatic rings. The molecule has 0 radical (unpaired) electrons. The molecule has 0 aromatic heterocycles. The molecule has 3 aromatic rings. The lowest BCUT2D eigenvalue weighted by molar-refractivity contribution is -0.144. The van der Waals surface area contributed by atoms with Crippen molar-refractivity contribution >= 4 is 39.2 Å². The molecule has 1 unspecified atom stereocenters. The Kier molecular flexibility index (Phi) is 10.6. The van der Waals surface area contributed by atoms with Gasteiger partial charge in [0.25, 0.3) is 5.91 Å². The summed E-state index contributed by atoms with van der Waals surface area (Å²) in [6.07, 6.45) is 2.79. The quantitative estimate of drug-likeness (QED) is 0.232. The van der Waals surface area contributed by atoms with E-state index >= 15 is 0 Å². The van der Waals surface area contributed by atoms with Gasteiger partial charge in [-0.05, 0) is 67.6 Å². The van der Waals surface area contributed by atoms with Crippen molar-refractivity contribution in [1.82, 2.24) is 4.72 Å². The highest BCUT2D eigenvalue weighted by Crippen LogP contribution is 2.40. The highest BCUT2D eigenvalue weighted by Gasteiger charge is 2.32. The third kappa shape index (κ3) is 9.47. The van der Waals surface area contributed by atoms with E-state index in [1.807, 2.05) is 22.9 Å². The number of hydrogen-bond donors (Lipinski definition) is 3. The van der Waals surface area contributed by atoms with Crippen molar-refractivity contribution in [1.29, 1.82) is 0 Å². The molecule has 12 heteroatoms. The number of sulfonamides is 1. The molecule has 3 aromatic carbocycles. The van der Waals surface area contributed by atoms with E-state index in [1.54, 1.807) is 47.4 Å². The van der Waals surface area contributed by atoms with E-state index in [9.17, 15) is 27.9 Å². The first kappa shape index (κ1) is 31.4. The van der Waals surface area contributed by atoms with E-state index in [4.69, 9.17) is 9.47 Å². The number of hydrogen-bond acceptors (Lipinski definition) is 8. The minimum Gasteiger partial charge on any atom is -0.494 e. The zero-order valence-electron chi connectivity index (χ0n) is 23.8. The maximum absolute atomic E-state index is 13.1. The highest BCUT2D eigenvalue weighted by molar-refractivity contribution is 7.89. The number of carbonyl (C=O) groups is 3. The van der Waals surface area contributed by atoms with Gasteiger partial charge < -0.3 is 24.8 Å². The van der Waals surface area contributed by atoms with Crippen molar-refractivity contribution in [3.8, 4) is 11.5 Å². The van der Waals surface area contributed by atoms with Gasteiger partial charge in [-0.25, -0.2) is 13.2 Å². The van der Waals surface area contributed by atoms with E-state index in [-0.39, 0.29) is 31.7 Å². The predicted octanol–water partition coefficient (Wildman–Crippen LogP) is 3.85. The molecule has 4 rings (SSSR count). The smallest absolute Gasteiger partial charge is 0.346 e. The molecular weight excluding hydrogens is 574 g/mol. The average Bonchev–Trinajstić information content (AvgIpc) is 2.97. The molecule has 0 bridgehead atoms. The molecule has 0 saturated heterocycles. The van der Waals surface area contributed by atoms with Crippen LogP contribution in [0.3, 0.4) is 0 Å². The number of fused-ring (bicyclic) bond motifs is 1. The van der Waals surface area contributed by atoms with Gasteiger partial charge in [-0.3, -0.25) is 14.3 Å². The summed E-state index contributed by atoms with van der Waals surface area (Å²) in [5.41, 5.74) is 2.53. The van der Waals surface area contributed by atoms with Gasteiger partial charge in [-0.15, -0.1) is 0 Å². The van der Waals surface area contributed by atoms with Gasteiger partial charge >= 0.3 is 5.97 Å². The topological polar surface area (TPSA) is 151 Å². The standard InChI is InChI=1S/C31H35N3O8S/c1-43(39,40)33-28(35)14-8-19-34-21-27(31(37)38)42-29-25(12-7-13-26(29)34)32-30(36)23-15-17-24(18-16-23)41-20-6-5-11-22-9-3-2-4-10-22/h2-4,7,9-10,12-13,15-18,27H,5-6,8,11,14,19-21H2,1H3,(H,32,36)(H,33,35)(H,37,38). The van der Waals surface area contributed by atoms with Crippen molar-refractivity contribution in [3.05, 3.63) is 83.9 Å². The Hall–Kier alpha value is -4.58. The Morgan fingerprint density at radius 1 is 0.977 bits per heavy atom. The lowest BCUT2D eigenvalue weighted by Gasteiger charge is -2.35. The molecule has 2 amide bonds. The van der Waals surface area contributed by atoms with Gasteiger partial charge in [0.2, 0.25) is 22.0 Å². The van der Waals surface area contributed by atoms with Gasteiger partial charge in [-0.1, -0.05) is 36.4 Å². The minimum absolute atomic E-state index is 0.0150. The number of benzene rings is 3. The third-order valence-corrected chi connectivity index (χ3v) is 7.32. The van der Waals surface area contributed by atoms with Crippen LogP contribution in [0.25, 0.3) is 0 Å². The average molecular weight is 610 g/mol. The van der Waals surface area contributed by atoms with E-state index in [1.165, 1.54) is 5.56 Å². The number of rotatable bonds is 14.